The molecule has 0 unspecified atom stereocenters. The summed E-state index contributed by atoms with van der Waals surface area (Å²) in [5, 5.41) is 3.35. The van der Waals surface area contributed by atoms with E-state index in [1.807, 2.05) is 11.9 Å². The van der Waals surface area contributed by atoms with Crippen molar-refractivity contribution >= 4 is 29.1 Å². The number of anilines is 1. The molecule has 6 heteroatoms. The second-order valence-electron chi connectivity index (χ2n) is 4.83. The fourth-order valence-corrected chi connectivity index (χ4v) is 1.72. The standard InChI is InChI=1S/C14H20ClN3O2/c1-17(2)14(20)10-18(3)8-7-13(19)16-12-6-4-5-11(15)9-12/h4-6,9H,7-8,10H2,1-3H3,(H,16,19). The zero-order valence-corrected chi connectivity index (χ0v) is 12.8. The van der Waals surface area contributed by atoms with Gasteiger partial charge in [-0.3, -0.25) is 14.5 Å². The highest BCUT2D eigenvalue weighted by Gasteiger charge is 2.10. The lowest BCUT2D eigenvalue weighted by Gasteiger charge is -2.18. The number of amides is 2. The van der Waals surface area contributed by atoms with Crippen LogP contribution in [0.4, 0.5) is 5.69 Å². The second kappa shape index (κ2) is 7.87. The first-order chi connectivity index (χ1) is 9.38. The number of hydrogen-bond acceptors (Lipinski definition) is 3. The maximum atomic E-state index is 11.8. The molecule has 20 heavy (non-hydrogen) atoms. The summed E-state index contributed by atoms with van der Waals surface area (Å²) >= 11 is 5.84. The molecular weight excluding hydrogens is 278 g/mol. The second-order valence-corrected chi connectivity index (χ2v) is 5.27. The number of carbonyl (C=O) groups is 2. The Kier molecular flexibility index (Phi) is 6.48. The molecule has 1 rings (SSSR count). The average molecular weight is 298 g/mol. The number of benzene rings is 1. The van der Waals surface area contributed by atoms with Gasteiger partial charge in [0.2, 0.25) is 11.8 Å². The normalized spacial score (nSPS) is 10.4. The molecule has 5 nitrogen and oxygen atoms in total. The van der Waals surface area contributed by atoms with Crippen LogP contribution >= 0.6 is 11.6 Å². The number of nitrogens with zero attached hydrogens (tertiary/aromatic N) is 2. The van der Waals surface area contributed by atoms with Gasteiger partial charge in [-0.2, -0.15) is 0 Å². The van der Waals surface area contributed by atoms with E-state index in [2.05, 4.69) is 5.32 Å². The van der Waals surface area contributed by atoms with Crippen LogP contribution < -0.4 is 5.32 Å². The van der Waals surface area contributed by atoms with Crippen molar-refractivity contribution in [2.45, 2.75) is 6.42 Å². The number of rotatable bonds is 6. The SMILES string of the molecule is CN(CCC(=O)Nc1cccc(Cl)c1)CC(=O)N(C)C. The van der Waals surface area contributed by atoms with E-state index in [9.17, 15) is 9.59 Å². The number of halogens is 1. The molecule has 0 aliphatic heterocycles. The van der Waals surface area contributed by atoms with Crippen molar-refractivity contribution in [3.8, 4) is 0 Å². The number of hydrogen-bond donors (Lipinski definition) is 1. The molecule has 0 aromatic heterocycles. The molecule has 2 amide bonds. The quantitative estimate of drug-likeness (QED) is 0.869. The minimum atomic E-state index is -0.101. The minimum absolute atomic E-state index is 0.0164. The van der Waals surface area contributed by atoms with Gasteiger partial charge in [-0.1, -0.05) is 17.7 Å². The zero-order chi connectivity index (χ0) is 15.1. The van der Waals surface area contributed by atoms with Gasteiger partial charge in [-0.25, -0.2) is 0 Å². The van der Waals surface area contributed by atoms with E-state index in [-0.39, 0.29) is 11.8 Å². The lowest BCUT2D eigenvalue weighted by atomic mass is 10.3. The summed E-state index contributed by atoms with van der Waals surface area (Å²) < 4.78 is 0. The summed E-state index contributed by atoms with van der Waals surface area (Å²) in [6.45, 7) is 0.823. The van der Waals surface area contributed by atoms with E-state index in [0.29, 0.717) is 30.2 Å². The lowest BCUT2D eigenvalue weighted by Crippen LogP contribution is -2.35. The monoisotopic (exact) mass is 297 g/mol. The van der Waals surface area contributed by atoms with Crippen molar-refractivity contribution in [1.82, 2.24) is 9.80 Å². The molecule has 1 aromatic rings. The third kappa shape index (κ3) is 6.04. The fourth-order valence-electron chi connectivity index (χ4n) is 1.53. The van der Waals surface area contributed by atoms with Crippen LogP contribution in [-0.2, 0) is 9.59 Å². The highest BCUT2D eigenvalue weighted by Crippen LogP contribution is 2.14. The molecule has 0 saturated heterocycles. The molecule has 110 valence electrons. The molecule has 0 aliphatic carbocycles. The summed E-state index contributed by atoms with van der Waals surface area (Å²) in [4.78, 5) is 26.6. The maximum Gasteiger partial charge on any atom is 0.236 e. The van der Waals surface area contributed by atoms with Gasteiger partial charge < -0.3 is 10.2 Å². The first kappa shape index (κ1) is 16.5. The molecule has 0 saturated carbocycles. The third-order valence-corrected chi connectivity index (χ3v) is 2.97. The molecule has 1 aromatic carbocycles. The molecule has 1 N–H and O–H groups in total. The minimum Gasteiger partial charge on any atom is -0.348 e. The van der Waals surface area contributed by atoms with Crippen LogP contribution in [0.1, 0.15) is 6.42 Å². The van der Waals surface area contributed by atoms with Gasteiger partial charge >= 0.3 is 0 Å². The van der Waals surface area contributed by atoms with Crippen molar-refractivity contribution in [1.29, 1.82) is 0 Å². The molecule has 0 radical (unpaired) electrons. The first-order valence-corrected chi connectivity index (χ1v) is 6.70. The molecule has 0 bridgehead atoms. The Bertz CT molecular complexity index is 477. The molecule has 0 atom stereocenters. The third-order valence-electron chi connectivity index (χ3n) is 2.73. The van der Waals surface area contributed by atoms with Crippen LogP contribution in [0.15, 0.2) is 24.3 Å². The Balaban J connectivity index is 2.34. The highest BCUT2D eigenvalue weighted by molar-refractivity contribution is 6.30. The van der Waals surface area contributed by atoms with E-state index in [0.717, 1.165) is 0 Å². The van der Waals surface area contributed by atoms with Gasteiger partial charge in [0, 0.05) is 37.8 Å². The zero-order valence-electron chi connectivity index (χ0n) is 12.0. The van der Waals surface area contributed by atoms with Gasteiger partial charge in [0.25, 0.3) is 0 Å². The van der Waals surface area contributed by atoms with Gasteiger partial charge in [0.05, 0.1) is 6.54 Å². The van der Waals surface area contributed by atoms with Crippen LogP contribution in [-0.4, -0.2) is 55.8 Å². The smallest absolute Gasteiger partial charge is 0.236 e. The number of nitrogens with one attached hydrogen (secondary N) is 1. The predicted octanol–water partition coefficient (Wildman–Crippen LogP) is 1.69. The summed E-state index contributed by atoms with van der Waals surface area (Å²) in [6.07, 6.45) is 0.323. The first-order valence-electron chi connectivity index (χ1n) is 6.32. The predicted molar refractivity (Wildman–Crippen MR) is 80.9 cm³/mol. The Morgan fingerprint density at radius 2 is 1.95 bits per heavy atom. The van der Waals surface area contributed by atoms with E-state index in [1.165, 1.54) is 4.90 Å². The van der Waals surface area contributed by atoms with Crippen molar-refractivity contribution in [2.24, 2.45) is 0 Å². The van der Waals surface area contributed by atoms with Crippen LogP contribution in [0.25, 0.3) is 0 Å². The Morgan fingerprint density at radius 1 is 1.25 bits per heavy atom. The number of carbonyl (C=O) groups excluding carboxylic acids is 2. The average Bonchev–Trinajstić information content (AvgIpc) is 2.36. The summed E-state index contributed by atoms with van der Waals surface area (Å²) in [5.41, 5.74) is 0.675. The Hall–Kier alpha value is -1.59. The van der Waals surface area contributed by atoms with Crippen LogP contribution in [0, 0.1) is 0 Å². The topological polar surface area (TPSA) is 52.7 Å². The van der Waals surface area contributed by atoms with Crippen LogP contribution in [0.2, 0.25) is 5.02 Å². The van der Waals surface area contributed by atoms with E-state index >= 15 is 0 Å². The van der Waals surface area contributed by atoms with Crippen LogP contribution in [0.5, 0.6) is 0 Å². The molecule has 0 aliphatic rings. The van der Waals surface area contributed by atoms with Crippen molar-refractivity contribution in [2.75, 3.05) is 39.5 Å². The van der Waals surface area contributed by atoms with E-state index in [4.69, 9.17) is 11.6 Å². The van der Waals surface area contributed by atoms with Crippen molar-refractivity contribution in [3.05, 3.63) is 29.3 Å². The van der Waals surface area contributed by atoms with E-state index in [1.54, 1.807) is 38.4 Å². The summed E-state index contributed by atoms with van der Waals surface area (Å²) in [5.74, 6) is -0.0841. The Morgan fingerprint density at radius 3 is 2.55 bits per heavy atom. The van der Waals surface area contributed by atoms with Crippen molar-refractivity contribution < 1.29 is 9.59 Å². The fraction of sp³-hybridized carbons (Fsp3) is 0.429. The van der Waals surface area contributed by atoms with E-state index < -0.39 is 0 Å². The van der Waals surface area contributed by atoms with Gasteiger partial charge in [-0.05, 0) is 25.2 Å². The lowest BCUT2D eigenvalue weighted by molar-refractivity contribution is -0.130. The molecule has 0 spiro atoms. The van der Waals surface area contributed by atoms with Crippen LogP contribution in [0.3, 0.4) is 0 Å². The summed E-state index contributed by atoms with van der Waals surface area (Å²) in [7, 11) is 5.23. The van der Waals surface area contributed by atoms with Gasteiger partial charge in [0.1, 0.15) is 0 Å². The molecule has 0 fully saturated rings. The number of likely N-dealkylation sites (N-methyl/N-ethyl adjacent to an activating group) is 2. The van der Waals surface area contributed by atoms with Gasteiger partial charge in [0.15, 0.2) is 0 Å². The van der Waals surface area contributed by atoms with Crippen molar-refractivity contribution in [3.63, 3.8) is 0 Å². The van der Waals surface area contributed by atoms with Gasteiger partial charge in [-0.15, -0.1) is 0 Å². The maximum absolute atomic E-state index is 11.8. The summed E-state index contributed by atoms with van der Waals surface area (Å²) in [6, 6.07) is 7.00. The highest BCUT2D eigenvalue weighted by atomic mass is 35.5. The Labute approximate surface area is 124 Å². The molecule has 0 heterocycles. The molecular formula is C14H20ClN3O2. The largest absolute Gasteiger partial charge is 0.348 e.